The monoisotopic (exact) mass is 603 g/mol. The summed E-state index contributed by atoms with van der Waals surface area (Å²) in [7, 11) is 0. The maximum absolute atomic E-state index is 13.0. The molecule has 0 aliphatic heterocycles. The zero-order valence-electron chi connectivity index (χ0n) is 23.2. The Hall–Kier alpha value is -4.61. The van der Waals surface area contributed by atoms with Crippen LogP contribution < -0.4 is 26.6 Å². The van der Waals surface area contributed by atoms with Gasteiger partial charge in [0.1, 0.15) is 36.5 Å². The second kappa shape index (κ2) is 18.7. The molecule has 42 heavy (non-hydrogen) atoms. The Labute approximate surface area is 240 Å². The van der Waals surface area contributed by atoms with Gasteiger partial charge >= 0.3 is 17.9 Å². The number of carboxylic acids is 3. The number of hydrogen-bond donors (Lipinski definition) is 9. The number of carbonyl (C=O) groups is 9. The number of aldehydes is 1. The standard InChI is InChI=1S/C24H37N5O13/c1-11(2)8-15(25-12(3)32)21(38)28-16(9-19(35)36)22(39)26-13(4-5-18(33)34)20(37)29-17(10-31)23(40)27-14(6-7-30)24(41)42/h7,11,13-17,31H,4-6,8-10H2,1-3H3,(H,25,32)(H,26,39)(H,27,40)(H,28,38)(H,29,37)(H,33,34)(H,35,36)(H,41,42)/t13-,14-,15-,16-,17-/m0/s1. The molecule has 0 aromatic heterocycles. The van der Waals surface area contributed by atoms with Crippen LogP contribution in [-0.4, -0.2) is 111 Å². The van der Waals surface area contributed by atoms with Gasteiger partial charge in [0.25, 0.3) is 0 Å². The van der Waals surface area contributed by atoms with Crippen LogP contribution in [0.2, 0.25) is 0 Å². The molecular weight excluding hydrogens is 566 g/mol. The van der Waals surface area contributed by atoms with Crippen molar-refractivity contribution in [2.45, 2.75) is 83.1 Å². The number of aliphatic hydroxyl groups is 1. The van der Waals surface area contributed by atoms with Crippen molar-refractivity contribution >= 4 is 53.7 Å². The van der Waals surface area contributed by atoms with Crippen LogP contribution in [-0.2, 0) is 43.2 Å². The number of rotatable bonds is 20. The summed E-state index contributed by atoms with van der Waals surface area (Å²) in [6.07, 6.45) is -2.50. The molecule has 9 N–H and O–H groups in total. The third-order valence-corrected chi connectivity index (χ3v) is 5.45. The van der Waals surface area contributed by atoms with Gasteiger partial charge in [-0.15, -0.1) is 0 Å². The van der Waals surface area contributed by atoms with E-state index in [-0.39, 0.29) is 18.6 Å². The summed E-state index contributed by atoms with van der Waals surface area (Å²) in [5.74, 6) is -9.69. The van der Waals surface area contributed by atoms with E-state index in [2.05, 4.69) is 16.0 Å². The average molecular weight is 604 g/mol. The fraction of sp³-hybridized carbons (Fsp3) is 0.625. The summed E-state index contributed by atoms with van der Waals surface area (Å²) in [4.78, 5) is 107. The Morgan fingerprint density at radius 2 is 1.14 bits per heavy atom. The number of aliphatic carboxylic acids is 3. The van der Waals surface area contributed by atoms with E-state index in [0.717, 1.165) is 6.92 Å². The van der Waals surface area contributed by atoms with E-state index in [0.29, 0.717) is 0 Å². The molecule has 0 fully saturated rings. The second-order valence-corrected chi connectivity index (χ2v) is 9.58. The molecule has 0 aliphatic rings. The van der Waals surface area contributed by atoms with Crippen LogP contribution in [0.3, 0.4) is 0 Å². The van der Waals surface area contributed by atoms with Crippen molar-refractivity contribution in [2.75, 3.05) is 6.61 Å². The summed E-state index contributed by atoms with van der Waals surface area (Å²) in [5, 5.41) is 47.6. The van der Waals surface area contributed by atoms with Gasteiger partial charge in [-0.3, -0.25) is 33.6 Å². The first kappa shape index (κ1) is 37.4. The number of amides is 5. The topological polar surface area (TPSA) is 295 Å². The van der Waals surface area contributed by atoms with Gasteiger partial charge < -0.3 is 51.8 Å². The molecule has 18 heteroatoms. The van der Waals surface area contributed by atoms with Crippen molar-refractivity contribution in [3.8, 4) is 0 Å². The summed E-state index contributed by atoms with van der Waals surface area (Å²) in [6.45, 7) is 3.58. The van der Waals surface area contributed by atoms with E-state index in [9.17, 15) is 53.4 Å². The number of nitrogens with one attached hydrogen (secondary N) is 5. The van der Waals surface area contributed by atoms with Crippen molar-refractivity contribution in [3.05, 3.63) is 0 Å². The minimum Gasteiger partial charge on any atom is -0.481 e. The molecule has 0 aliphatic carbocycles. The molecule has 236 valence electrons. The minimum absolute atomic E-state index is 0.0932. The maximum atomic E-state index is 13.0. The zero-order valence-corrected chi connectivity index (χ0v) is 23.2. The van der Waals surface area contributed by atoms with Gasteiger partial charge in [-0.1, -0.05) is 13.8 Å². The fourth-order valence-electron chi connectivity index (χ4n) is 3.47. The lowest BCUT2D eigenvalue weighted by molar-refractivity contribution is -0.143. The summed E-state index contributed by atoms with van der Waals surface area (Å²) in [5.41, 5.74) is 0. The molecule has 0 aromatic rings. The first-order valence-electron chi connectivity index (χ1n) is 12.7. The number of aliphatic hydroxyl groups excluding tert-OH is 1. The average Bonchev–Trinajstić information content (AvgIpc) is 2.87. The van der Waals surface area contributed by atoms with Crippen LogP contribution >= 0.6 is 0 Å². The van der Waals surface area contributed by atoms with Crippen LogP contribution in [0.15, 0.2) is 0 Å². The normalized spacial score (nSPS) is 14.2. The van der Waals surface area contributed by atoms with Crippen molar-refractivity contribution in [1.82, 2.24) is 26.6 Å². The van der Waals surface area contributed by atoms with Gasteiger partial charge in [-0.25, -0.2) is 4.79 Å². The third-order valence-electron chi connectivity index (χ3n) is 5.45. The van der Waals surface area contributed by atoms with Crippen molar-refractivity contribution < 1.29 is 63.6 Å². The molecule has 0 radical (unpaired) electrons. The van der Waals surface area contributed by atoms with Crippen LogP contribution in [0, 0.1) is 5.92 Å². The highest BCUT2D eigenvalue weighted by Gasteiger charge is 2.33. The molecule has 0 spiro atoms. The second-order valence-electron chi connectivity index (χ2n) is 9.58. The van der Waals surface area contributed by atoms with Crippen LogP contribution in [0.25, 0.3) is 0 Å². The molecule has 0 unspecified atom stereocenters. The van der Waals surface area contributed by atoms with Crippen LogP contribution in [0.1, 0.15) is 52.9 Å². The SMILES string of the molecule is CC(=O)N[C@@H](CC(C)C)C(=O)N[C@@H](CC(=O)O)C(=O)N[C@@H](CCC(=O)O)C(=O)N[C@@H](CO)C(=O)N[C@@H](CC=O)C(=O)O. The fourth-order valence-corrected chi connectivity index (χ4v) is 3.47. The molecule has 0 aromatic carbocycles. The van der Waals surface area contributed by atoms with E-state index in [1.165, 1.54) is 0 Å². The van der Waals surface area contributed by atoms with E-state index >= 15 is 0 Å². The quantitative estimate of drug-likeness (QED) is 0.0611. The Bertz CT molecular complexity index is 1030. The van der Waals surface area contributed by atoms with E-state index in [1.54, 1.807) is 13.8 Å². The van der Waals surface area contributed by atoms with Gasteiger partial charge in [0.15, 0.2) is 0 Å². The molecule has 5 atom stereocenters. The van der Waals surface area contributed by atoms with Crippen molar-refractivity contribution in [1.29, 1.82) is 0 Å². The lowest BCUT2D eigenvalue weighted by Crippen LogP contribution is -2.59. The van der Waals surface area contributed by atoms with E-state index in [4.69, 9.17) is 10.2 Å². The first-order chi connectivity index (χ1) is 19.5. The van der Waals surface area contributed by atoms with E-state index in [1.807, 2.05) is 10.6 Å². The third kappa shape index (κ3) is 14.7. The van der Waals surface area contributed by atoms with Gasteiger partial charge in [-0.2, -0.15) is 0 Å². The zero-order chi connectivity index (χ0) is 32.6. The lowest BCUT2D eigenvalue weighted by Gasteiger charge is -2.26. The van der Waals surface area contributed by atoms with Crippen LogP contribution in [0.4, 0.5) is 0 Å². The molecule has 0 saturated heterocycles. The summed E-state index contributed by atoms with van der Waals surface area (Å²) < 4.78 is 0. The molecular formula is C24H37N5O13. The number of carbonyl (C=O) groups excluding carboxylic acids is 6. The Kier molecular flexibility index (Phi) is 16.6. The number of carboxylic acid groups (broad SMARTS) is 3. The molecule has 0 bridgehead atoms. The predicted octanol–water partition coefficient (Wildman–Crippen LogP) is -3.52. The highest BCUT2D eigenvalue weighted by atomic mass is 16.4. The van der Waals surface area contributed by atoms with E-state index < -0.39 is 110 Å². The van der Waals surface area contributed by atoms with Crippen molar-refractivity contribution in [3.63, 3.8) is 0 Å². The van der Waals surface area contributed by atoms with Gasteiger partial charge in [0.2, 0.25) is 29.5 Å². The molecule has 0 rings (SSSR count). The summed E-state index contributed by atoms with van der Waals surface area (Å²) >= 11 is 0. The Morgan fingerprint density at radius 1 is 0.667 bits per heavy atom. The largest absolute Gasteiger partial charge is 0.481 e. The highest BCUT2D eigenvalue weighted by Crippen LogP contribution is 2.07. The summed E-state index contributed by atoms with van der Waals surface area (Å²) in [6, 6.07) is -8.11. The number of hydrogen-bond acceptors (Lipinski definition) is 10. The Balaban J connectivity index is 5.90. The molecule has 0 heterocycles. The smallest absolute Gasteiger partial charge is 0.326 e. The first-order valence-corrected chi connectivity index (χ1v) is 12.7. The van der Waals surface area contributed by atoms with Gasteiger partial charge in [0.05, 0.1) is 13.0 Å². The lowest BCUT2D eigenvalue weighted by atomic mass is 10.0. The van der Waals surface area contributed by atoms with Gasteiger partial charge in [0, 0.05) is 19.8 Å². The predicted molar refractivity (Wildman–Crippen MR) is 139 cm³/mol. The minimum atomic E-state index is -1.79. The van der Waals surface area contributed by atoms with Crippen LogP contribution in [0.5, 0.6) is 0 Å². The Morgan fingerprint density at radius 3 is 1.60 bits per heavy atom. The molecule has 18 nitrogen and oxygen atoms in total. The molecule has 0 saturated carbocycles. The van der Waals surface area contributed by atoms with Crippen molar-refractivity contribution in [2.24, 2.45) is 5.92 Å². The molecule has 5 amide bonds. The highest BCUT2D eigenvalue weighted by molar-refractivity contribution is 5.97. The maximum Gasteiger partial charge on any atom is 0.326 e. The van der Waals surface area contributed by atoms with Gasteiger partial charge in [-0.05, 0) is 18.8 Å².